The first-order valence-electron chi connectivity index (χ1n) is 6.56. The second kappa shape index (κ2) is 5.25. The molecular formula is C16H15NO3. The minimum atomic E-state index is -0.273. The lowest BCUT2D eigenvalue weighted by atomic mass is 10.00. The van der Waals surface area contributed by atoms with Crippen LogP contribution >= 0.6 is 0 Å². The number of fused-ring (bicyclic) bond motifs is 1. The van der Waals surface area contributed by atoms with Gasteiger partial charge in [0, 0.05) is 12.0 Å². The third-order valence-electron chi connectivity index (χ3n) is 3.41. The van der Waals surface area contributed by atoms with E-state index in [0.29, 0.717) is 6.61 Å². The average molecular weight is 269 g/mol. The van der Waals surface area contributed by atoms with E-state index in [1.165, 1.54) is 6.07 Å². The van der Waals surface area contributed by atoms with Crippen molar-refractivity contribution >= 4 is 5.91 Å². The Kier molecular flexibility index (Phi) is 3.29. The number of amides is 1. The van der Waals surface area contributed by atoms with Crippen molar-refractivity contribution in [3.63, 3.8) is 0 Å². The van der Waals surface area contributed by atoms with E-state index in [4.69, 9.17) is 4.74 Å². The van der Waals surface area contributed by atoms with Crippen LogP contribution in [-0.2, 0) is 0 Å². The van der Waals surface area contributed by atoms with Gasteiger partial charge in [-0.05, 0) is 18.2 Å². The number of rotatable bonds is 2. The van der Waals surface area contributed by atoms with Gasteiger partial charge in [-0.25, -0.2) is 0 Å². The van der Waals surface area contributed by atoms with Gasteiger partial charge in [0.2, 0.25) is 0 Å². The van der Waals surface area contributed by atoms with Crippen molar-refractivity contribution in [3.05, 3.63) is 59.7 Å². The SMILES string of the molecule is O=C(N[C@@H]1CCOc2ccccc21)c1ccccc1O. The summed E-state index contributed by atoms with van der Waals surface area (Å²) in [6.07, 6.45) is 0.719. The molecule has 1 atom stereocenters. The highest BCUT2D eigenvalue weighted by molar-refractivity contribution is 5.97. The van der Waals surface area contributed by atoms with Crippen molar-refractivity contribution in [3.8, 4) is 11.5 Å². The molecule has 0 spiro atoms. The van der Waals surface area contributed by atoms with Gasteiger partial charge in [-0.3, -0.25) is 4.79 Å². The quantitative estimate of drug-likeness (QED) is 0.881. The van der Waals surface area contributed by atoms with E-state index in [0.717, 1.165) is 17.7 Å². The van der Waals surface area contributed by atoms with Gasteiger partial charge in [-0.2, -0.15) is 0 Å². The van der Waals surface area contributed by atoms with Crippen LogP contribution in [0.5, 0.6) is 11.5 Å². The molecule has 20 heavy (non-hydrogen) atoms. The predicted octanol–water partition coefficient (Wildman–Crippen LogP) is 2.65. The molecule has 0 unspecified atom stereocenters. The van der Waals surface area contributed by atoms with Gasteiger partial charge in [0.05, 0.1) is 18.2 Å². The van der Waals surface area contributed by atoms with Gasteiger partial charge in [0.1, 0.15) is 11.5 Å². The molecule has 1 amide bonds. The van der Waals surface area contributed by atoms with Gasteiger partial charge >= 0.3 is 0 Å². The molecule has 0 aromatic heterocycles. The highest BCUT2D eigenvalue weighted by atomic mass is 16.5. The van der Waals surface area contributed by atoms with Gasteiger partial charge in [-0.1, -0.05) is 30.3 Å². The first kappa shape index (κ1) is 12.5. The molecule has 0 bridgehead atoms. The lowest BCUT2D eigenvalue weighted by Crippen LogP contribution is -2.32. The molecule has 0 fully saturated rings. The molecule has 2 aromatic rings. The molecule has 1 aliphatic rings. The molecule has 2 aromatic carbocycles. The van der Waals surface area contributed by atoms with Crippen molar-refractivity contribution in [2.24, 2.45) is 0 Å². The summed E-state index contributed by atoms with van der Waals surface area (Å²) < 4.78 is 5.56. The van der Waals surface area contributed by atoms with E-state index in [-0.39, 0.29) is 23.3 Å². The highest BCUT2D eigenvalue weighted by Gasteiger charge is 2.23. The fourth-order valence-electron chi connectivity index (χ4n) is 2.39. The molecule has 3 rings (SSSR count). The van der Waals surface area contributed by atoms with Crippen LogP contribution in [0.25, 0.3) is 0 Å². The minimum Gasteiger partial charge on any atom is -0.507 e. The van der Waals surface area contributed by atoms with Crippen LogP contribution in [0.2, 0.25) is 0 Å². The summed E-state index contributed by atoms with van der Waals surface area (Å²) in [7, 11) is 0. The number of carbonyl (C=O) groups is 1. The first-order valence-corrected chi connectivity index (χ1v) is 6.56. The summed E-state index contributed by atoms with van der Waals surface area (Å²) in [6, 6.07) is 14.1. The van der Waals surface area contributed by atoms with E-state index < -0.39 is 0 Å². The van der Waals surface area contributed by atoms with Crippen molar-refractivity contribution < 1.29 is 14.6 Å². The lowest BCUT2D eigenvalue weighted by molar-refractivity contribution is 0.0922. The summed E-state index contributed by atoms with van der Waals surface area (Å²) in [5.74, 6) is 0.525. The van der Waals surface area contributed by atoms with Crippen LogP contribution in [-0.4, -0.2) is 17.6 Å². The Labute approximate surface area is 117 Å². The molecule has 0 saturated carbocycles. The molecule has 1 heterocycles. The number of aromatic hydroxyl groups is 1. The largest absolute Gasteiger partial charge is 0.507 e. The Bertz CT molecular complexity index is 639. The molecule has 4 heteroatoms. The Balaban J connectivity index is 1.83. The summed E-state index contributed by atoms with van der Waals surface area (Å²) >= 11 is 0. The van der Waals surface area contributed by atoms with Crippen LogP contribution in [0, 0.1) is 0 Å². The molecule has 1 aliphatic heterocycles. The summed E-state index contributed by atoms with van der Waals surface area (Å²) in [5.41, 5.74) is 1.26. The van der Waals surface area contributed by atoms with Crippen LogP contribution in [0.1, 0.15) is 28.4 Å². The smallest absolute Gasteiger partial charge is 0.255 e. The Morgan fingerprint density at radius 1 is 1.15 bits per heavy atom. The third-order valence-corrected chi connectivity index (χ3v) is 3.41. The monoisotopic (exact) mass is 269 g/mol. The maximum atomic E-state index is 12.2. The van der Waals surface area contributed by atoms with Crippen LogP contribution in [0.15, 0.2) is 48.5 Å². The first-order chi connectivity index (χ1) is 9.75. The number of phenolic OH excluding ortho intramolecular Hbond substituents is 1. The second-order valence-corrected chi connectivity index (χ2v) is 4.72. The van der Waals surface area contributed by atoms with Crippen LogP contribution < -0.4 is 10.1 Å². The molecule has 102 valence electrons. The molecular weight excluding hydrogens is 254 g/mol. The number of phenols is 1. The average Bonchev–Trinajstić information content (AvgIpc) is 2.48. The van der Waals surface area contributed by atoms with Gasteiger partial charge in [-0.15, -0.1) is 0 Å². The predicted molar refractivity (Wildman–Crippen MR) is 74.9 cm³/mol. The van der Waals surface area contributed by atoms with E-state index >= 15 is 0 Å². The van der Waals surface area contributed by atoms with E-state index in [1.807, 2.05) is 24.3 Å². The standard InChI is InChI=1S/C16H15NO3/c18-14-7-3-1-6-12(14)16(19)17-13-9-10-20-15-8-4-2-5-11(13)15/h1-8,13,18H,9-10H2,(H,17,19)/t13-/m1/s1. The van der Waals surface area contributed by atoms with Crippen molar-refractivity contribution in [2.45, 2.75) is 12.5 Å². The van der Waals surface area contributed by atoms with Gasteiger partial charge < -0.3 is 15.2 Å². The number of carbonyl (C=O) groups excluding carboxylic acids is 1. The van der Waals surface area contributed by atoms with Crippen molar-refractivity contribution in [2.75, 3.05) is 6.61 Å². The Morgan fingerprint density at radius 2 is 1.90 bits per heavy atom. The van der Waals surface area contributed by atoms with E-state index in [1.54, 1.807) is 18.2 Å². The normalized spacial score (nSPS) is 16.9. The number of benzene rings is 2. The Morgan fingerprint density at radius 3 is 2.75 bits per heavy atom. The maximum Gasteiger partial charge on any atom is 0.255 e. The number of hydrogen-bond donors (Lipinski definition) is 2. The van der Waals surface area contributed by atoms with Crippen molar-refractivity contribution in [1.29, 1.82) is 0 Å². The molecule has 4 nitrogen and oxygen atoms in total. The van der Waals surface area contributed by atoms with Crippen molar-refractivity contribution in [1.82, 2.24) is 5.32 Å². The number of ether oxygens (including phenoxy) is 1. The zero-order valence-electron chi connectivity index (χ0n) is 10.9. The zero-order valence-corrected chi connectivity index (χ0v) is 10.9. The zero-order chi connectivity index (χ0) is 13.9. The number of para-hydroxylation sites is 2. The fourth-order valence-corrected chi connectivity index (χ4v) is 2.39. The lowest BCUT2D eigenvalue weighted by Gasteiger charge is -2.26. The molecule has 2 N–H and O–H groups in total. The number of nitrogens with one attached hydrogen (secondary N) is 1. The summed E-state index contributed by atoms with van der Waals surface area (Å²) in [6.45, 7) is 0.572. The highest BCUT2D eigenvalue weighted by Crippen LogP contribution is 2.32. The maximum absolute atomic E-state index is 12.2. The Hall–Kier alpha value is -2.49. The molecule has 0 saturated heterocycles. The van der Waals surface area contributed by atoms with Gasteiger partial charge in [0.15, 0.2) is 0 Å². The third kappa shape index (κ3) is 2.32. The number of hydrogen-bond acceptors (Lipinski definition) is 3. The van der Waals surface area contributed by atoms with Crippen LogP contribution in [0.3, 0.4) is 0 Å². The van der Waals surface area contributed by atoms with Crippen LogP contribution in [0.4, 0.5) is 0 Å². The second-order valence-electron chi connectivity index (χ2n) is 4.72. The summed E-state index contributed by atoms with van der Waals surface area (Å²) in [5, 5.41) is 12.7. The summed E-state index contributed by atoms with van der Waals surface area (Å²) in [4.78, 5) is 12.2. The van der Waals surface area contributed by atoms with Gasteiger partial charge in [0.25, 0.3) is 5.91 Å². The molecule has 0 radical (unpaired) electrons. The topological polar surface area (TPSA) is 58.6 Å². The van der Waals surface area contributed by atoms with E-state index in [2.05, 4.69) is 5.32 Å². The minimum absolute atomic E-state index is 0.00894. The molecule has 0 aliphatic carbocycles. The van der Waals surface area contributed by atoms with E-state index in [9.17, 15) is 9.90 Å². The fraction of sp³-hybridized carbons (Fsp3) is 0.188.